The average molecular weight is 228 g/mol. The largest absolute Gasteiger partial charge is 0.352 e. The lowest BCUT2D eigenvalue weighted by Crippen LogP contribution is -2.49. The Morgan fingerprint density at radius 3 is 2.94 bits per heavy atom. The van der Waals surface area contributed by atoms with Gasteiger partial charge < -0.3 is 10.2 Å². The maximum absolute atomic E-state index is 4.67. The van der Waals surface area contributed by atoms with Crippen LogP contribution in [-0.4, -0.2) is 35.6 Å². The lowest BCUT2D eigenvalue weighted by atomic mass is 10.2. The number of rotatable bonds is 1. The van der Waals surface area contributed by atoms with Gasteiger partial charge in [0.15, 0.2) is 0 Å². The van der Waals surface area contributed by atoms with E-state index < -0.39 is 0 Å². The predicted octanol–water partition coefficient (Wildman–Crippen LogP) is 1.43. The first kappa shape index (κ1) is 10.5. The van der Waals surface area contributed by atoms with Crippen molar-refractivity contribution in [1.29, 1.82) is 0 Å². The SMILES string of the molecule is C[C@@H]1CN(c2cnc3ccccc3n2)CCN1. The first-order chi connectivity index (χ1) is 8.33. The standard InChI is InChI=1S/C13H16N4/c1-10-9-17(7-6-14-10)13-8-15-11-4-2-3-5-12(11)16-13/h2-5,8,10,14H,6-7,9H2,1H3/t10-/m1/s1. The average Bonchev–Trinajstić information content (AvgIpc) is 2.38. The molecule has 1 N–H and O–H groups in total. The Morgan fingerprint density at radius 2 is 2.12 bits per heavy atom. The zero-order valence-electron chi connectivity index (χ0n) is 9.93. The minimum atomic E-state index is 0.511. The van der Waals surface area contributed by atoms with Crippen LogP contribution in [0.25, 0.3) is 11.0 Å². The number of hydrogen-bond donors (Lipinski definition) is 1. The summed E-state index contributed by atoms with van der Waals surface area (Å²) in [6, 6.07) is 8.51. The lowest BCUT2D eigenvalue weighted by Gasteiger charge is -2.32. The van der Waals surface area contributed by atoms with Crippen molar-refractivity contribution in [2.75, 3.05) is 24.5 Å². The summed E-state index contributed by atoms with van der Waals surface area (Å²) in [5.41, 5.74) is 1.93. The van der Waals surface area contributed by atoms with Crippen LogP contribution in [0, 0.1) is 0 Å². The van der Waals surface area contributed by atoms with Crippen molar-refractivity contribution < 1.29 is 0 Å². The Bertz CT molecular complexity index is 526. The van der Waals surface area contributed by atoms with Gasteiger partial charge in [-0.3, -0.25) is 4.98 Å². The Hall–Kier alpha value is -1.68. The van der Waals surface area contributed by atoms with Crippen LogP contribution in [0.15, 0.2) is 30.5 Å². The predicted molar refractivity (Wildman–Crippen MR) is 69.2 cm³/mol. The van der Waals surface area contributed by atoms with Crippen LogP contribution in [0.2, 0.25) is 0 Å². The number of fused-ring (bicyclic) bond motifs is 1. The van der Waals surface area contributed by atoms with Crippen LogP contribution in [0.3, 0.4) is 0 Å². The Kier molecular flexibility index (Phi) is 2.65. The maximum atomic E-state index is 4.67. The molecule has 1 aliphatic heterocycles. The van der Waals surface area contributed by atoms with Crippen LogP contribution in [0.5, 0.6) is 0 Å². The molecule has 0 amide bonds. The number of nitrogens with one attached hydrogen (secondary N) is 1. The van der Waals surface area contributed by atoms with Gasteiger partial charge in [0.1, 0.15) is 5.82 Å². The molecule has 4 heteroatoms. The van der Waals surface area contributed by atoms with Crippen molar-refractivity contribution in [3.8, 4) is 0 Å². The first-order valence-electron chi connectivity index (χ1n) is 6.03. The van der Waals surface area contributed by atoms with Crippen molar-refractivity contribution in [3.63, 3.8) is 0 Å². The molecule has 0 unspecified atom stereocenters. The number of nitrogens with zero attached hydrogens (tertiary/aromatic N) is 3. The molecule has 1 aromatic heterocycles. The third kappa shape index (κ3) is 2.08. The fraction of sp³-hybridized carbons (Fsp3) is 0.385. The van der Waals surface area contributed by atoms with Crippen LogP contribution < -0.4 is 10.2 Å². The zero-order chi connectivity index (χ0) is 11.7. The van der Waals surface area contributed by atoms with Crippen molar-refractivity contribution in [3.05, 3.63) is 30.5 Å². The van der Waals surface area contributed by atoms with E-state index in [9.17, 15) is 0 Å². The topological polar surface area (TPSA) is 41.1 Å². The van der Waals surface area contributed by atoms with Gasteiger partial charge in [0.2, 0.25) is 0 Å². The van der Waals surface area contributed by atoms with Gasteiger partial charge in [-0.2, -0.15) is 0 Å². The number of aromatic nitrogens is 2. The molecule has 3 rings (SSSR count). The summed E-state index contributed by atoms with van der Waals surface area (Å²) >= 11 is 0. The van der Waals surface area contributed by atoms with E-state index in [0.29, 0.717) is 6.04 Å². The highest BCUT2D eigenvalue weighted by Crippen LogP contribution is 2.16. The number of piperazine rings is 1. The van der Waals surface area contributed by atoms with Crippen LogP contribution >= 0.6 is 0 Å². The van der Waals surface area contributed by atoms with E-state index in [2.05, 4.69) is 27.1 Å². The number of para-hydroxylation sites is 2. The molecule has 0 radical (unpaired) electrons. The van der Waals surface area contributed by atoms with Gasteiger partial charge in [-0.05, 0) is 19.1 Å². The van der Waals surface area contributed by atoms with E-state index in [-0.39, 0.29) is 0 Å². The van der Waals surface area contributed by atoms with E-state index in [1.807, 2.05) is 30.5 Å². The summed E-state index contributed by atoms with van der Waals surface area (Å²) in [5.74, 6) is 0.983. The van der Waals surface area contributed by atoms with Gasteiger partial charge in [0, 0.05) is 25.7 Å². The summed E-state index contributed by atoms with van der Waals surface area (Å²) in [4.78, 5) is 11.4. The molecule has 1 saturated heterocycles. The number of anilines is 1. The Morgan fingerprint density at radius 1 is 1.29 bits per heavy atom. The summed E-state index contributed by atoms with van der Waals surface area (Å²) in [5, 5.41) is 3.43. The molecular weight excluding hydrogens is 212 g/mol. The third-order valence-electron chi connectivity index (χ3n) is 3.13. The molecule has 1 fully saturated rings. The van der Waals surface area contributed by atoms with Crippen LogP contribution in [0.4, 0.5) is 5.82 Å². The van der Waals surface area contributed by atoms with Crippen molar-refractivity contribution in [2.24, 2.45) is 0 Å². The second kappa shape index (κ2) is 4.30. The molecule has 0 spiro atoms. The summed E-state index contributed by atoms with van der Waals surface area (Å²) < 4.78 is 0. The Labute approximate surface area is 101 Å². The zero-order valence-corrected chi connectivity index (χ0v) is 9.93. The van der Waals surface area contributed by atoms with E-state index in [4.69, 9.17) is 0 Å². The van der Waals surface area contributed by atoms with Crippen molar-refractivity contribution >= 4 is 16.9 Å². The number of hydrogen-bond acceptors (Lipinski definition) is 4. The minimum absolute atomic E-state index is 0.511. The molecular formula is C13H16N4. The van der Waals surface area contributed by atoms with Crippen LogP contribution in [0.1, 0.15) is 6.92 Å². The van der Waals surface area contributed by atoms with Gasteiger partial charge in [0.05, 0.1) is 17.2 Å². The monoisotopic (exact) mass is 228 g/mol. The first-order valence-corrected chi connectivity index (χ1v) is 6.03. The molecule has 1 atom stereocenters. The lowest BCUT2D eigenvalue weighted by molar-refractivity contribution is 0.482. The smallest absolute Gasteiger partial charge is 0.147 e. The third-order valence-corrected chi connectivity index (χ3v) is 3.13. The van der Waals surface area contributed by atoms with E-state index in [1.54, 1.807) is 0 Å². The molecule has 0 aliphatic carbocycles. The molecule has 2 aromatic rings. The highest BCUT2D eigenvalue weighted by atomic mass is 15.2. The maximum Gasteiger partial charge on any atom is 0.147 e. The highest BCUT2D eigenvalue weighted by molar-refractivity contribution is 5.75. The molecule has 2 heterocycles. The summed E-state index contributed by atoms with van der Waals surface area (Å²) in [6.45, 7) is 5.20. The van der Waals surface area contributed by atoms with E-state index in [0.717, 1.165) is 36.5 Å². The normalized spacial score (nSPS) is 20.8. The quantitative estimate of drug-likeness (QED) is 0.801. The van der Waals surface area contributed by atoms with Gasteiger partial charge in [0.25, 0.3) is 0 Å². The fourth-order valence-electron chi connectivity index (χ4n) is 2.24. The summed E-state index contributed by atoms with van der Waals surface area (Å²) in [6.07, 6.45) is 1.88. The van der Waals surface area contributed by atoms with Gasteiger partial charge in [-0.25, -0.2) is 4.98 Å². The second-order valence-corrected chi connectivity index (χ2v) is 4.52. The van der Waals surface area contributed by atoms with E-state index >= 15 is 0 Å². The van der Waals surface area contributed by atoms with Crippen molar-refractivity contribution in [2.45, 2.75) is 13.0 Å². The second-order valence-electron chi connectivity index (χ2n) is 4.52. The number of benzene rings is 1. The fourth-order valence-corrected chi connectivity index (χ4v) is 2.24. The molecule has 4 nitrogen and oxygen atoms in total. The Balaban J connectivity index is 1.94. The van der Waals surface area contributed by atoms with Gasteiger partial charge in [-0.15, -0.1) is 0 Å². The molecule has 1 aliphatic rings. The molecule has 1 aromatic carbocycles. The molecule has 88 valence electrons. The van der Waals surface area contributed by atoms with Crippen LogP contribution in [-0.2, 0) is 0 Å². The van der Waals surface area contributed by atoms with E-state index in [1.165, 1.54) is 0 Å². The summed E-state index contributed by atoms with van der Waals surface area (Å²) in [7, 11) is 0. The molecule has 0 saturated carbocycles. The minimum Gasteiger partial charge on any atom is -0.352 e. The van der Waals surface area contributed by atoms with Gasteiger partial charge in [-0.1, -0.05) is 12.1 Å². The molecule has 0 bridgehead atoms. The molecule has 17 heavy (non-hydrogen) atoms. The van der Waals surface area contributed by atoms with Crippen molar-refractivity contribution in [1.82, 2.24) is 15.3 Å². The highest BCUT2D eigenvalue weighted by Gasteiger charge is 2.17. The van der Waals surface area contributed by atoms with Gasteiger partial charge >= 0.3 is 0 Å².